The van der Waals surface area contributed by atoms with E-state index in [-0.39, 0.29) is 18.2 Å². The summed E-state index contributed by atoms with van der Waals surface area (Å²) in [5.41, 5.74) is 0.994. The van der Waals surface area contributed by atoms with Gasteiger partial charge in [0.1, 0.15) is 0 Å². The van der Waals surface area contributed by atoms with Gasteiger partial charge in [0, 0.05) is 36.8 Å². The second-order valence-electron chi connectivity index (χ2n) is 7.99. The van der Waals surface area contributed by atoms with E-state index in [1.54, 1.807) is 0 Å². The van der Waals surface area contributed by atoms with E-state index in [2.05, 4.69) is 5.32 Å². The molecule has 0 bridgehead atoms. The molecule has 0 radical (unpaired) electrons. The number of benzene rings is 1. The maximum Gasteiger partial charge on any atom is 0.409 e. The molecule has 9 heteroatoms. The van der Waals surface area contributed by atoms with Gasteiger partial charge in [0.25, 0.3) is 0 Å². The average molecular weight is 468 g/mol. The molecule has 1 N–H and O–H groups in total. The predicted molar refractivity (Wildman–Crippen MR) is 119 cm³/mol. The number of nitrogens with one attached hydrogen (secondary N) is 1. The number of rotatable bonds is 9. The van der Waals surface area contributed by atoms with Crippen LogP contribution in [0.2, 0.25) is 0 Å². The lowest BCUT2D eigenvalue weighted by molar-refractivity contribution is -0.177. The highest BCUT2D eigenvalue weighted by molar-refractivity contribution is 8.77. The Hall–Kier alpha value is -1.42. The SMILES string of the molecule is O=C(CCCCC1CCSS1)O[C@H]1C[C@H]2O[C@H](OC(=O)NCc3ccccc3)C[C@H]2O1. The van der Waals surface area contributed by atoms with Crippen molar-refractivity contribution >= 4 is 33.7 Å². The maximum absolute atomic E-state index is 12.1. The Morgan fingerprint density at radius 1 is 1.03 bits per heavy atom. The summed E-state index contributed by atoms with van der Waals surface area (Å²) >= 11 is 0. The van der Waals surface area contributed by atoms with E-state index in [0.29, 0.717) is 25.8 Å². The zero-order chi connectivity index (χ0) is 21.5. The average Bonchev–Trinajstić information content (AvgIpc) is 3.48. The number of carbonyl (C=O) groups is 2. The summed E-state index contributed by atoms with van der Waals surface area (Å²) in [7, 11) is 3.92. The van der Waals surface area contributed by atoms with Gasteiger partial charge in [-0.05, 0) is 24.8 Å². The van der Waals surface area contributed by atoms with Crippen LogP contribution in [0.5, 0.6) is 0 Å². The molecule has 1 amide bonds. The van der Waals surface area contributed by atoms with Crippen LogP contribution in [-0.4, -0.2) is 47.9 Å². The van der Waals surface area contributed by atoms with Gasteiger partial charge in [0.15, 0.2) is 0 Å². The highest BCUT2D eigenvalue weighted by Gasteiger charge is 2.46. The smallest absolute Gasteiger partial charge is 0.409 e. The van der Waals surface area contributed by atoms with E-state index in [4.69, 9.17) is 18.9 Å². The summed E-state index contributed by atoms with van der Waals surface area (Å²) in [6, 6.07) is 9.62. The zero-order valence-corrected chi connectivity index (χ0v) is 19.0. The number of hydrogen-bond donors (Lipinski definition) is 1. The second-order valence-corrected chi connectivity index (χ2v) is 10.8. The van der Waals surface area contributed by atoms with Gasteiger partial charge >= 0.3 is 12.1 Å². The van der Waals surface area contributed by atoms with Gasteiger partial charge in [-0.1, -0.05) is 58.3 Å². The fraction of sp³-hybridized carbons (Fsp3) is 0.636. The van der Waals surface area contributed by atoms with Crippen molar-refractivity contribution in [3.8, 4) is 0 Å². The largest absolute Gasteiger partial charge is 0.436 e. The summed E-state index contributed by atoms with van der Waals surface area (Å²) in [5, 5.41) is 3.46. The number of ether oxygens (including phenoxy) is 4. The van der Waals surface area contributed by atoms with Crippen molar-refractivity contribution in [2.45, 2.75) is 81.5 Å². The quantitative estimate of drug-likeness (QED) is 0.325. The number of amides is 1. The van der Waals surface area contributed by atoms with Crippen LogP contribution in [0, 0.1) is 0 Å². The molecule has 4 rings (SSSR count). The minimum atomic E-state index is -0.644. The van der Waals surface area contributed by atoms with Crippen LogP contribution in [0.3, 0.4) is 0 Å². The standard InChI is InChI=1S/C22H29NO6S2/c24-19(9-5-4-8-16-10-11-30-31-16)28-20-12-17-18(26-20)13-21(27-17)29-22(25)23-14-15-6-2-1-3-7-15/h1-3,6-7,16-18,20-21H,4-5,8-14H2,(H,23,25)/t16?,17-,18-,20+,21-/m1/s1. The van der Waals surface area contributed by atoms with Gasteiger partial charge < -0.3 is 24.3 Å². The van der Waals surface area contributed by atoms with Crippen LogP contribution in [0.15, 0.2) is 30.3 Å². The minimum absolute atomic E-state index is 0.216. The van der Waals surface area contributed by atoms with Gasteiger partial charge in [-0.15, -0.1) is 0 Å². The predicted octanol–water partition coefficient (Wildman–Crippen LogP) is 4.40. The highest BCUT2D eigenvalue weighted by Crippen LogP contribution is 2.40. The van der Waals surface area contributed by atoms with Crippen LogP contribution >= 0.6 is 21.6 Å². The molecule has 0 spiro atoms. The molecular formula is C22H29NO6S2. The lowest BCUT2D eigenvalue weighted by Gasteiger charge is -2.17. The monoisotopic (exact) mass is 467 g/mol. The van der Waals surface area contributed by atoms with E-state index >= 15 is 0 Å². The first-order valence-corrected chi connectivity index (χ1v) is 13.3. The number of hydrogen-bond acceptors (Lipinski definition) is 8. The molecular weight excluding hydrogens is 438 g/mol. The molecule has 3 saturated heterocycles. The van der Waals surface area contributed by atoms with Crippen molar-refractivity contribution in [3.63, 3.8) is 0 Å². The Labute approximate surface area is 190 Å². The minimum Gasteiger partial charge on any atom is -0.436 e. The molecule has 0 aromatic heterocycles. The van der Waals surface area contributed by atoms with Gasteiger partial charge in [-0.2, -0.15) is 0 Å². The Morgan fingerprint density at radius 3 is 2.48 bits per heavy atom. The van der Waals surface area contributed by atoms with Crippen molar-refractivity contribution in [3.05, 3.63) is 35.9 Å². The first kappa shape index (κ1) is 22.8. The molecule has 5 atom stereocenters. The number of esters is 1. The summed E-state index contributed by atoms with van der Waals surface area (Å²) in [4.78, 5) is 24.1. The van der Waals surface area contributed by atoms with Crippen molar-refractivity contribution in [2.24, 2.45) is 0 Å². The van der Waals surface area contributed by atoms with Crippen molar-refractivity contribution in [2.75, 3.05) is 5.75 Å². The fourth-order valence-corrected chi connectivity index (χ4v) is 6.99. The topological polar surface area (TPSA) is 83.1 Å². The number of alkyl carbamates (subject to hydrolysis) is 1. The van der Waals surface area contributed by atoms with Crippen molar-refractivity contribution < 1.29 is 28.5 Å². The van der Waals surface area contributed by atoms with Crippen LogP contribution in [0.4, 0.5) is 4.79 Å². The summed E-state index contributed by atoms with van der Waals surface area (Å²) in [6.07, 6.45) is 3.51. The number of carbonyl (C=O) groups excluding carboxylic acids is 2. The maximum atomic E-state index is 12.1. The molecule has 0 aliphatic carbocycles. The first-order chi connectivity index (χ1) is 15.2. The van der Waals surface area contributed by atoms with Crippen molar-refractivity contribution in [1.82, 2.24) is 5.32 Å². The van der Waals surface area contributed by atoms with Crippen LogP contribution < -0.4 is 5.32 Å². The third-order valence-electron chi connectivity index (χ3n) is 5.58. The first-order valence-electron chi connectivity index (χ1n) is 10.9. The molecule has 1 unspecified atom stereocenters. The number of fused-ring (bicyclic) bond motifs is 1. The van der Waals surface area contributed by atoms with E-state index in [9.17, 15) is 9.59 Å². The Balaban J connectivity index is 1.08. The molecule has 3 heterocycles. The van der Waals surface area contributed by atoms with E-state index in [1.165, 1.54) is 18.6 Å². The third-order valence-corrected chi connectivity index (χ3v) is 8.59. The van der Waals surface area contributed by atoms with Crippen LogP contribution in [-0.2, 0) is 30.3 Å². The number of unbranched alkanes of at least 4 members (excludes halogenated alkanes) is 1. The molecule has 3 fully saturated rings. The van der Waals surface area contributed by atoms with E-state index in [1.807, 2.05) is 51.9 Å². The molecule has 31 heavy (non-hydrogen) atoms. The summed E-state index contributed by atoms with van der Waals surface area (Å²) in [6.45, 7) is 0.395. The fourth-order valence-electron chi connectivity index (χ4n) is 3.96. The lowest BCUT2D eigenvalue weighted by Crippen LogP contribution is -2.29. The van der Waals surface area contributed by atoms with Crippen LogP contribution in [0.25, 0.3) is 0 Å². The zero-order valence-electron chi connectivity index (χ0n) is 17.4. The molecule has 3 aliphatic rings. The molecule has 170 valence electrons. The van der Waals surface area contributed by atoms with E-state index < -0.39 is 18.7 Å². The Kier molecular flexibility index (Phi) is 8.40. The normalized spacial score (nSPS) is 29.5. The lowest BCUT2D eigenvalue weighted by atomic mass is 10.1. The molecule has 1 aromatic rings. The van der Waals surface area contributed by atoms with Gasteiger partial charge in [-0.25, -0.2) is 4.79 Å². The molecule has 3 aliphatic heterocycles. The van der Waals surface area contributed by atoms with Gasteiger partial charge in [0.2, 0.25) is 12.6 Å². The van der Waals surface area contributed by atoms with Crippen LogP contribution in [0.1, 0.15) is 50.5 Å². The third kappa shape index (κ3) is 7.03. The Morgan fingerprint density at radius 2 is 1.77 bits per heavy atom. The second kappa shape index (κ2) is 11.4. The summed E-state index contributed by atoms with van der Waals surface area (Å²) in [5.74, 6) is 1.02. The highest BCUT2D eigenvalue weighted by atomic mass is 33.1. The van der Waals surface area contributed by atoms with Crippen molar-refractivity contribution in [1.29, 1.82) is 0 Å². The molecule has 7 nitrogen and oxygen atoms in total. The molecule has 0 saturated carbocycles. The van der Waals surface area contributed by atoms with Gasteiger partial charge in [0.05, 0.1) is 12.2 Å². The summed E-state index contributed by atoms with van der Waals surface area (Å²) < 4.78 is 22.4. The van der Waals surface area contributed by atoms with E-state index in [0.717, 1.165) is 23.7 Å². The Bertz CT molecular complexity index is 716. The molecule has 1 aromatic carbocycles. The van der Waals surface area contributed by atoms with Gasteiger partial charge in [-0.3, -0.25) is 4.79 Å².